The van der Waals surface area contributed by atoms with Crippen molar-refractivity contribution in [2.75, 3.05) is 24.9 Å². The van der Waals surface area contributed by atoms with Crippen LogP contribution in [0, 0.1) is 5.41 Å². The molecule has 0 aliphatic carbocycles. The van der Waals surface area contributed by atoms with E-state index in [0.29, 0.717) is 22.9 Å². The average molecular weight is 384 g/mol. The van der Waals surface area contributed by atoms with Gasteiger partial charge in [-0.05, 0) is 43.5 Å². The van der Waals surface area contributed by atoms with Gasteiger partial charge in [0.1, 0.15) is 16.9 Å². The molecule has 0 radical (unpaired) electrons. The van der Waals surface area contributed by atoms with Gasteiger partial charge in [0.15, 0.2) is 0 Å². The summed E-state index contributed by atoms with van der Waals surface area (Å²) >= 11 is 0. The molecule has 2 amide bonds. The summed E-state index contributed by atoms with van der Waals surface area (Å²) in [6.45, 7) is 7.28. The van der Waals surface area contributed by atoms with Gasteiger partial charge in [0, 0.05) is 11.8 Å². The summed E-state index contributed by atoms with van der Waals surface area (Å²) in [4.78, 5) is 25.8. The number of hydrogen-bond acceptors (Lipinski definition) is 4. The predicted octanol–water partition coefficient (Wildman–Crippen LogP) is 4.43. The van der Waals surface area contributed by atoms with Crippen molar-refractivity contribution in [3.8, 4) is 11.5 Å². The third kappa shape index (κ3) is 4.63. The normalized spacial score (nSPS) is 11.1. The van der Waals surface area contributed by atoms with Crippen LogP contribution in [0.3, 0.4) is 0 Å². The fraction of sp³-hybridized carbons (Fsp3) is 0.364. The van der Waals surface area contributed by atoms with E-state index in [9.17, 15) is 9.59 Å². The summed E-state index contributed by atoms with van der Waals surface area (Å²) < 4.78 is 10.5. The topological polar surface area (TPSA) is 76.7 Å². The van der Waals surface area contributed by atoms with Crippen LogP contribution in [0.4, 0.5) is 11.4 Å². The Kier molecular flexibility index (Phi) is 6.67. The Labute approximate surface area is 166 Å². The maximum Gasteiger partial charge on any atom is 0.239 e. The van der Waals surface area contributed by atoms with Crippen LogP contribution in [-0.2, 0) is 9.59 Å². The number of nitrogens with one attached hydrogen (secondary N) is 2. The number of amides is 2. The third-order valence-corrected chi connectivity index (χ3v) is 4.62. The summed E-state index contributed by atoms with van der Waals surface area (Å²) in [7, 11) is 3.05. The van der Waals surface area contributed by atoms with E-state index in [2.05, 4.69) is 24.5 Å². The highest BCUT2D eigenvalue weighted by atomic mass is 16.5. The highest BCUT2D eigenvalue weighted by molar-refractivity contribution is 6.14. The molecule has 28 heavy (non-hydrogen) atoms. The van der Waals surface area contributed by atoms with E-state index in [0.717, 1.165) is 5.56 Å². The number of benzene rings is 2. The quantitative estimate of drug-likeness (QED) is 0.693. The average Bonchev–Trinajstić information content (AvgIpc) is 2.67. The molecule has 2 rings (SSSR count). The Balaban J connectivity index is 2.22. The third-order valence-electron chi connectivity index (χ3n) is 4.62. The Hall–Kier alpha value is -3.02. The first-order valence-corrected chi connectivity index (χ1v) is 9.14. The molecule has 0 saturated carbocycles. The molecule has 0 heterocycles. The molecule has 0 aromatic heterocycles. The second kappa shape index (κ2) is 8.78. The fourth-order valence-corrected chi connectivity index (χ4v) is 2.69. The van der Waals surface area contributed by atoms with E-state index in [-0.39, 0.29) is 11.8 Å². The molecule has 2 aromatic carbocycles. The number of methoxy groups -OCH3 is 2. The Bertz CT molecular complexity index is 859. The second-order valence-electron chi connectivity index (χ2n) is 7.34. The van der Waals surface area contributed by atoms with Crippen LogP contribution in [0.1, 0.15) is 39.2 Å². The Morgan fingerprint density at radius 2 is 1.50 bits per heavy atom. The molecule has 6 nitrogen and oxygen atoms in total. The summed E-state index contributed by atoms with van der Waals surface area (Å²) in [5.74, 6) is 0.466. The molecule has 2 aromatic rings. The van der Waals surface area contributed by atoms with Crippen molar-refractivity contribution in [2.24, 2.45) is 5.41 Å². The molecule has 2 N–H and O–H groups in total. The van der Waals surface area contributed by atoms with Gasteiger partial charge in [-0.2, -0.15) is 0 Å². The van der Waals surface area contributed by atoms with Crippen LogP contribution in [0.15, 0.2) is 42.5 Å². The first kappa shape index (κ1) is 21.3. The molecular formula is C22H28N2O4. The monoisotopic (exact) mass is 384 g/mol. The number of anilines is 2. The van der Waals surface area contributed by atoms with Crippen molar-refractivity contribution < 1.29 is 19.1 Å². The Morgan fingerprint density at radius 1 is 0.893 bits per heavy atom. The summed E-state index contributed by atoms with van der Waals surface area (Å²) in [5.41, 5.74) is 0.859. The lowest BCUT2D eigenvalue weighted by atomic mass is 9.90. The lowest BCUT2D eigenvalue weighted by molar-refractivity contribution is -0.135. The molecule has 0 fully saturated rings. The number of ether oxygens (including phenoxy) is 2. The van der Waals surface area contributed by atoms with Gasteiger partial charge >= 0.3 is 0 Å². The minimum absolute atomic E-state index is 0.245. The smallest absolute Gasteiger partial charge is 0.239 e. The number of rotatable bonds is 7. The van der Waals surface area contributed by atoms with Crippen molar-refractivity contribution in [3.63, 3.8) is 0 Å². The molecule has 0 aliphatic heterocycles. The van der Waals surface area contributed by atoms with Gasteiger partial charge < -0.3 is 20.1 Å². The molecule has 6 heteroatoms. The SMILES string of the molecule is COc1ccc(OC)c(NC(=O)C(C)(C)C(=O)Nc2ccccc2C(C)C)c1. The van der Waals surface area contributed by atoms with Gasteiger partial charge in [0.25, 0.3) is 0 Å². The first-order chi connectivity index (χ1) is 13.2. The number of para-hydroxylation sites is 1. The van der Waals surface area contributed by atoms with Crippen molar-refractivity contribution in [1.82, 2.24) is 0 Å². The zero-order valence-corrected chi connectivity index (χ0v) is 17.3. The van der Waals surface area contributed by atoms with Crippen LogP contribution in [0.5, 0.6) is 11.5 Å². The van der Waals surface area contributed by atoms with E-state index in [4.69, 9.17) is 9.47 Å². The molecule has 0 atom stereocenters. The second-order valence-corrected chi connectivity index (χ2v) is 7.34. The number of hydrogen-bond donors (Lipinski definition) is 2. The lowest BCUT2D eigenvalue weighted by Gasteiger charge is -2.24. The maximum absolute atomic E-state index is 12.9. The molecule has 0 aliphatic rings. The summed E-state index contributed by atoms with van der Waals surface area (Å²) in [6, 6.07) is 12.7. The van der Waals surface area contributed by atoms with E-state index in [1.807, 2.05) is 24.3 Å². The summed E-state index contributed by atoms with van der Waals surface area (Å²) in [6.07, 6.45) is 0. The maximum atomic E-state index is 12.9. The van der Waals surface area contributed by atoms with Crippen molar-refractivity contribution in [1.29, 1.82) is 0 Å². The molecule has 0 bridgehead atoms. The van der Waals surface area contributed by atoms with Crippen molar-refractivity contribution in [2.45, 2.75) is 33.6 Å². The minimum Gasteiger partial charge on any atom is -0.497 e. The molecule has 0 unspecified atom stereocenters. The van der Waals surface area contributed by atoms with Gasteiger partial charge in [-0.3, -0.25) is 9.59 Å². The van der Waals surface area contributed by atoms with Crippen molar-refractivity contribution in [3.05, 3.63) is 48.0 Å². The molecule has 0 spiro atoms. The summed E-state index contributed by atoms with van der Waals surface area (Å²) in [5, 5.41) is 5.67. The van der Waals surface area contributed by atoms with E-state index >= 15 is 0 Å². The van der Waals surface area contributed by atoms with Crippen LogP contribution >= 0.6 is 0 Å². The van der Waals surface area contributed by atoms with Gasteiger partial charge in [-0.25, -0.2) is 0 Å². The lowest BCUT2D eigenvalue weighted by Crippen LogP contribution is -2.41. The standard InChI is InChI=1S/C22H28N2O4/c1-14(2)16-9-7-8-10-17(16)23-20(25)22(3,4)21(26)24-18-13-15(27-5)11-12-19(18)28-6/h7-14H,1-6H3,(H,23,25)(H,24,26). The highest BCUT2D eigenvalue weighted by Crippen LogP contribution is 2.31. The van der Waals surface area contributed by atoms with Crippen LogP contribution in [0.25, 0.3) is 0 Å². The van der Waals surface area contributed by atoms with E-state index in [1.54, 1.807) is 32.0 Å². The zero-order valence-electron chi connectivity index (χ0n) is 17.3. The Morgan fingerprint density at radius 3 is 2.07 bits per heavy atom. The minimum atomic E-state index is -1.31. The van der Waals surface area contributed by atoms with E-state index < -0.39 is 11.3 Å². The fourth-order valence-electron chi connectivity index (χ4n) is 2.69. The van der Waals surface area contributed by atoms with Crippen molar-refractivity contribution >= 4 is 23.2 Å². The first-order valence-electron chi connectivity index (χ1n) is 9.14. The van der Waals surface area contributed by atoms with Gasteiger partial charge in [0.05, 0.1) is 19.9 Å². The molecular weight excluding hydrogens is 356 g/mol. The van der Waals surface area contributed by atoms with E-state index in [1.165, 1.54) is 14.2 Å². The highest BCUT2D eigenvalue weighted by Gasteiger charge is 2.37. The van der Waals surface area contributed by atoms with Crippen LogP contribution in [-0.4, -0.2) is 26.0 Å². The molecule has 150 valence electrons. The van der Waals surface area contributed by atoms with Gasteiger partial charge in [-0.15, -0.1) is 0 Å². The zero-order chi connectivity index (χ0) is 20.9. The van der Waals surface area contributed by atoms with Gasteiger partial charge in [-0.1, -0.05) is 32.0 Å². The molecule has 0 saturated heterocycles. The van der Waals surface area contributed by atoms with Crippen LogP contribution in [0.2, 0.25) is 0 Å². The van der Waals surface area contributed by atoms with Crippen LogP contribution < -0.4 is 20.1 Å². The van der Waals surface area contributed by atoms with Gasteiger partial charge in [0.2, 0.25) is 11.8 Å². The number of carbonyl (C=O) groups is 2. The largest absolute Gasteiger partial charge is 0.497 e. The predicted molar refractivity (Wildman–Crippen MR) is 111 cm³/mol. The number of carbonyl (C=O) groups excluding carboxylic acids is 2.